The van der Waals surface area contributed by atoms with E-state index in [9.17, 15) is 18.0 Å². The van der Waals surface area contributed by atoms with Crippen LogP contribution in [0.2, 0.25) is 0 Å². The van der Waals surface area contributed by atoms with Gasteiger partial charge in [0.1, 0.15) is 18.4 Å². The van der Waals surface area contributed by atoms with Gasteiger partial charge in [-0.2, -0.15) is 4.72 Å². The Kier molecular flexibility index (Phi) is 15.2. The molecule has 196 valence electrons. The first-order valence-electron chi connectivity index (χ1n) is 11.8. The molecule has 4 N–H and O–H groups in total. The third-order valence-electron chi connectivity index (χ3n) is 5.02. The molecular formula is C24H37N3O7S. The van der Waals surface area contributed by atoms with Crippen LogP contribution in [-0.2, 0) is 19.6 Å². The number of unbranched alkanes of at least 4 members (excludes halogenated alkanes) is 5. The van der Waals surface area contributed by atoms with Crippen molar-refractivity contribution >= 4 is 22.0 Å². The number of hydrogen-bond donors (Lipinski definition) is 4. The van der Waals surface area contributed by atoms with Crippen LogP contribution >= 0.6 is 0 Å². The van der Waals surface area contributed by atoms with Gasteiger partial charge in [0.2, 0.25) is 10.0 Å². The number of carbonyl (C=O) groups is 2. The van der Waals surface area contributed by atoms with Gasteiger partial charge in [0.05, 0.1) is 11.5 Å². The summed E-state index contributed by atoms with van der Waals surface area (Å²) in [7, 11) is -4.05. The van der Waals surface area contributed by atoms with E-state index in [1.165, 1.54) is 49.0 Å². The second-order valence-corrected chi connectivity index (χ2v) is 9.52. The summed E-state index contributed by atoms with van der Waals surface area (Å²) in [6.45, 7) is 4.53. The molecule has 0 saturated heterocycles. The molecule has 0 aromatic heterocycles. The highest BCUT2D eigenvalue weighted by molar-refractivity contribution is 7.89. The molecule has 1 aromatic carbocycles. The molecule has 0 radical (unpaired) electrons. The Labute approximate surface area is 208 Å². The molecule has 11 heteroatoms. The van der Waals surface area contributed by atoms with Gasteiger partial charge in [-0.05, 0) is 50.5 Å². The Hall–Kier alpha value is -2.81. The number of benzene rings is 1. The maximum absolute atomic E-state index is 12.7. The number of nitrogens with one attached hydrogen (secondary N) is 3. The summed E-state index contributed by atoms with van der Waals surface area (Å²) >= 11 is 0. The molecule has 1 atom stereocenters. The highest BCUT2D eigenvalue weighted by Crippen LogP contribution is 2.17. The first kappa shape index (κ1) is 30.2. The fourth-order valence-corrected chi connectivity index (χ4v) is 4.31. The lowest BCUT2D eigenvalue weighted by atomic mass is 10.1. The highest BCUT2D eigenvalue weighted by atomic mass is 32.2. The predicted octanol–water partition coefficient (Wildman–Crippen LogP) is 3.11. The zero-order chi connectivity index (χ0) is 25.9. The molecule has 0 unspecified atom stereocenters. The van der Waals surface area contributed by atoms with Gasteiger partial charge in [0.25, 0.3) is 5.91 Å². The number of rotatable bonds is 17. The molecule has 0 bridgehead atoms. The largest absolute Gasteiger partial charge is 0.481 e. The number of carbonyl (C=O) groups excluding carboxylic acids is 2. The first-order valence-corrected chi connectivity index (χ1v) is 13.3. The Morgan fingerprint density at radius 2 is 1.74 bits per heavy atom. The fourth-order valence-electron chi connectivity index (χ4n) is 3.08. The molecule has 0 aliphatic heterocycles. The van der Waals surface area contributed by atoms with Gasteiger partial charge in [-0.3, -0.25) is 10.0 Å². The number of alkyl carbamates (subject to hydrolysis) is 1. The van der Waals surface area contributed by atoms with E-state index in [1.54, 1.807) is 6.92 Å². The van der Waals surface area contributed by atoms with E-state index in [4.69, 9.17) is 14.7 Å². The van der Waals surface area contributed by atoms with Crippen LogP contribution in [0.5, 0.6) is 5.75 Å². The van der Waals surface area contributed by atoms with Crippen LogP contribution < -0.4 is 20.3 Å². The van der Waals surface area contributed by atoms with E-state index in [1.807, 2.05) is 0 Å². The summed E-state index contributed by atoms with van der Waals surface area (Å²) in [6.07, 6.45) is 6.26. The number of ether oxygens (including phenoxy) is 2. The van der Waals surface area contributed by atoms with Gasteiger partial charge in [-0.15, -0.1) is 5.92 Å². The van der Waals surface area contributed by atoms with Crippen molar-refractivity contribution in [3.05, 3.63) is 24.3 Å². The summed E-state index contributed by atoms with van der Waals surface area (Å²) < 4.78 is 38.1. The zero-order valence-corrected chi connectivity index (χ0v) is 21.3. The normalized spacial score (nSPS) is 11.6. The number of hydroxylamine groups is 1. The lowest BCUT2D eigenvalue weighted by molar-refractivity contribution is -0.131. The third kappa shape index (κ3) is 13.0. The van der Waals surface area contributed by atoms with Crippen LogP contribution in [0.15, 0.2) is 29.2 Å². The molecule has 35 heavy (non-hydrogen) atoms. The molecule has 0 saturated carbocycles. The average molecular weight is 512 g/mol. The molecule has 1 aromatic rings. The maximum atomic E-state index is 12.7. The minimum Gasteiger partial charge on any atom is -0.481 e. The van der Waals surface area contributed by atoms with E-state index >= 15 is 0 Å². The van der Waals surface area contributed by atoms with Crippen molar-refractivity contribution in [3.8, 4) is 17.6 Å². The number of hydrogen-bond acceptors (Lipinski definition) is 7. The molecule has 0 aliphatic carbocycles. The molecule has 10 nitrogen and oxygen atoms in total. The Morgan fingerprint density at radius 1 is 1.06 bits per heavy atom. The van der Waals surface area contributed by atoms with Crippen LogP contribution in [0.4, 0.5) is 4.79 Å². The summed E-state index contributed by atoms with van der Waals surface area (Å²) in [5.41, 5.74) is 1.47. The summed E-state index contributed by atoms with van der Waals surface area (Å²) in [4.78, 5) is 23.7. The Bertz CT molecular complexity index is 925. The van der Waals surface area contributed by atoms with Crippen LogP contribution in [0.3, 0.4) is 0 Å². The van der Waals surface area contributed by atoms with Crippen molar-refractivity contribution in [2.24, 2.45) is 0 Å². The summed E-state index contributed by atoms with van der Waals surface area (Å²) in [6, 6.07) is 4.40. The maximum Gasteiger partial charge on any atom is 0.407 e. The molecular weight excluding hydrogens is 474 g/mol. The van der Waals surface area contributed by atoms with Crippen molar-refractivity contribution in [2.45, 2.75) is 76.2 Å². The molecule has 2 amide bonds. The van der Waals surface area contributed by atoms with E-state index in [-0.39, 0.29) is 30.9 Å². The van der Waals surface area contributed by atoms with Gasteiger partial charge >= 0.3 is 6.09 Å². The van der Waals surface area contributed by atoms with Crippen molar-refractivity contribution < 1.29 is 32.7 Å². The topological polar surface area (TPSA) is 143 Å². The third-order valence-corrected chi connectivity index (χ3v) is 6.50. The summed E-state index contributed by atoms with van der Waals surface area (Å²) in [5, 5.41) is 11.6. The average Bonchev–Trinajstić information content (AvgIpc) is 2.85. The van der Waals surface area contributed by atoms with Crippen LogP contribution in [0, 0.1) is 11.8 Å². The lowest BCUT2D eigenvalue weighted by Gasteiger charge is -2.17. The van der Waals surface area contributed by atoms with E-state index in [0.717, 1.165) is 19.3 Å². The predicted molar refractivity (Wildman–Crippen MR) is 131 cm³/mol. The van der Waals surface area contributed by atoms with E-state index in [2.05, 4.69) is 28.8 Å². The van der Waals surface area contributed by atoms with Gasteiger partial charge in [0.15, 0.2) is 0 Å². The van der Waals surface area contributed by atoms with Crippen LogP contribution in [0.25, 0.3) is 0 Å². The van der Waals surface area contributed by atoms with E-state index < -0.39 is 28.1 Å². The number of amides is 2. The van der Waals surface area contributed by atoms with Gasteiger partial charge in [0, 0.05) is 6.54 Å². The molecule has 1 rings (SSSR count). The number of sulfonamides is 1. The molecule has 0 aliphatic rings. The van der Waals surface area contributed by atoms with Crippen molar-refractivity contribution in [2.75, 3.05) is 19.8 Å². The second-order valence-electron chi connectivity index (χ2n) is 7.81. The fraction of sp³-hybridized carbons (Fsp3) is 0.583. The summed E-state index contributed by atoms with van der Waals surface area (Å²) in [5.74, 6) is 4.97. The smallest absolute Gasteiger partial charge is 0.407 e. The van der Waals surface area contributed by atoms with Gasteiger partial charge in [-0.1, -0.05) is 44.9 Å². The quantitative estimate of drug-likeness (QED) is 0.109. The molecule has 0 fully saturated rings. The standard InChI is InChI=1S/C24H37N3O7S/c1-3-5-7-8-9-10-19-34-24(29)25-17-11-12-22(23(28)26-30)27-35(31,32)21-15-13-20(14-16-21)33-18-6-4-2/h13-16,22,27,30H,3,5,7-12,17-19H2,1-2H3,(H,25,29)(H,26,28)/t22-/m1/s1. The molecule has 0 spiro atoms. The van der Waals surface area contributed by atoms with Gasteiger partial charge in [-0.25, -0.2) is 18.7 Å². The minimum atomic E-state index is -4.05. The Balaban J connectivity index is 2.46. The molecule has 0 heterocycles. The van der Waals surface area contributed by atoms with Crippen molar-refractivity contribution in [1.29, 1.82) is 0 Å². The van der Waals surface area contributed by atoms with E-state index in [0.29, 0.717) is 12.4 Å². The lowest BCUT2D eigenvalue weighted by Crippen LogP contribution is -2.46. The minimum absolute atomic E-state index is 0.0419. The Morgan fingerprint density at radius 3 is 2.40 bits per heavy atom. The van der Waals surface area contributed by atoms with Gasteiger partial charge < -0.3 is 14.8 Å². The monoisotopic (exact) mass is 511 g/mol. The van der Waals surface area contributed by atoms with Crippen molar-refractivity contribution in [1.82, 2.24) is 15.5 Å². The van der Waals surface area contributed by atoms with Crippen LogP contribution in [-0.4, -0.2) is 51.4 Å². The first-order chi connectivity index (χ1) is 16.8. The zero-order valence-electron chi connectivity index (χ0n) is 20.5. The SMILES string of the molecule is CC#CCOc1ccc(S(=O)(=O)N[C@H](CCCNC(=O)OCCCCCCCC)C(=O)NO)cc1. The second kappa shape index (κ2) is 17.6. The highest BCUT2D eigenvalue weighted by Gasteiger charge is 2.25. The van der Waals surface area contributed by atoms with Crippen molar-refractivity contribution in [3.63, 3.8) is 0 Å². The van der Waals surface area contributed by atoms with Crippen LogP contribution in [0.1, 0.15) is 65.2 Å².